The lowest BCUT2D eigenvalue weighted by Gasteiger charge is -2.32. The molecule has 0 heterocycles. The molecule has 0 unspecified atom stereocenters. The monoisotopic (exact) mass is 493 g/mol. The van der Waals surface area contributed by atoms with Gasteiger partial charge in [-0.05, 0) is 75.1 Å². The molecule has 0 saturated heterocycles. The van der Waals surface area contributed by atoms with E-state index in [-0.39, 0.29) is 28.4 Å². The highest BCUT2D eigenvalue weighted by Gasteiger charge is 2.29. The lowest BCUT2D eigenvalue weighted by atomic mass is 9.88. The van der Waals surface area contributed by atoms with Crippen molar-refractivity contribution in [3.8, 4) is 5.75 Å². The first-order chi connectivity index (χ1) is 15.6. The average Bonchev–Trinajstić information content (AvgIpc) is 3.16. The summed E-state index contributed by atoms with van der Waals surface area (Å²) < 4.78 is 5.89. The van der Waals surface area contributed by atoms with Crippen molar-refractivity contribution in [1.82, 2.24) is 5.32 Å². The predicted molar refractivity (Wildman–Crippen MR) is 133 cm³/mol. The minimum absolute atomic E-state index is 0.0280. The number of nitrogens with one attached hydrogen (secondary N) is 1. The van der Waals surface area contributed by atoms with Gasteiger partial charge in [0.1, 0.15) is 23.0 Å². The zero-order valence-corrected chi connectivity index (χ0v) is 20.9. The highest BCUT2D eigenvalue weighted by molar-refractivity contribution is 6.43. The Bertz CT molecular complexity index is 954. The molecule has 3 rings (SSSR count). The number of ether oxygens (including phenoxy) is 1. The van der Waals surface area contributed by atoms with E-state index in [1.54, 1.807) is 19.1 Å². The number of carboxylic acids is 1. The molecular weight excluding hydrogens is 461 g/mol. The summed E-state index contributed by atoms with van der Waals surface area (Å²) in [7, 11) is 0. The molecule has 0 fully saturated rings. The van der Waals surface area contributed by atoms with Crippen molar-refractivity contribution in [2.24, 2.45) is 5.92 Å². The third-order valence-electron chi connectivity index (χ3n) is 6.31. The topological polar surface area (TPSA) is 78.8 Å². The minimum atomic E-state index is -0.896. The number of benzene rings is 2. The standard InChI is InChI=1S/C26H33Cl2NO4/c1-16(33-22-10-8-18(9-11-23(31)32)24(27)25(22)28)21(30)15-29-26(2,3)14-17-12-19-6-4-5-7-20(19)13-17/h4-8,10,16-17,21,29-30H,9,11-15H2,1-3H3,(H,31,32)/t16-,21+/m0/s1. The number of hydrogen-bond donors (Lipinski definition) is 3. The van der Waals surface area contributed by atoms with Crippen molar-refractivity contribution < 1.29 is 19.7 Å². The van der Waals surface area contributed by atoms with Crippen molar-refractivity contribution in [2.75, 3.05) is 6.54 Å². The molecular formula is C26H33Cl2NO4. The number of aliphatic hydroxyl groups is 1. The second kappa shape index (κ2) is 11.1. The van der Waals surface area contributed by atoms with Crippen LogP contribution in [0.3, 0.4) is 0 Å². The van der Waals surface area contributed by atoms with E-state index in [0.29, 0.717) is 23.8 Å². The average molecular weight is 494 g/mol. The van der Waals surface area contributed by atoms with Gasteiger partial charge in [0.15, 0.2) is 0 Å². The van der Waals surface area contributed by atoms with Gasteiger partial charge in [0.2, 0.25) is 0 Å². The highest BCUT2D eigenvalue weighted by Crippen LogP contribution is 2.36. The maximum Gasteiger partial charge on any atom is 0.303 e. The maximum absolute atomic E-state index is 10.8. The van der Waals surface area contributed by atoms with Gasteiger partial charge >= 0.3 is 5.97 Å². The fourth-order valence-electron chi connectivity index (χ4n) is 4.51. The Morgan fingerprint density at radius 3 is 2.39 bits per heavy atom. The van der Waals surface area contributed by atoms with Crippen molar-refractivity contribution in [3.05, 3.63) is 63.1 Å². The van der Waals surface area contributed by atoms with Crippen LogP contribution in [0.15, 0.2) is 36.4 Å². The third kappa shape index (κ3) is 7.10. The predicted octanol–water partition coefficient (Wildman–Crippen LogP) is 5.31. The van der Waals surface area contributed by atoms with Gasteiger partial charge in [0.05, 0.1) is 5.02 Å². The Labute approximate surface area is 206 Å². The van der Waals surface area contributed by atoms with Crippen LogP contribution in [0.5, 0.6) is 5.75 Å². The van der Waals surface area contributed by atoms with Crippen LogP contribution in [-0.2, 0) is 24.1 Å². The van der Waals surface area contributed by atoms with E-state index in [2.05, 4.69) is 43.4 Å². The van der Waals surface area contributed by atoms with Gasteiger partial charge in [-0.2, -0.15) is 0 Å². The lowest BCUT2D eigenvalue weighted by molar-refractivity contribution is -0.136. The van der Waals surface area contributed by atoms with Crippen molar-refractivity contribution in [3.63, 3.8) is 0 Å². The first kappa shape index (κ1) is 25.8. The molecule has 2 aromatic carbocycles. The molecule has 0 aromatic heterocycles. The van der Waals surface area contributed by atoms with Crippen molar-refractivity contribution in [1.29, 1.82) is 0 Å². The first-order valence-corrected chi connectivity index (χ1v) is 12.2. The van der Waals surface area contributed by atoms with Crippen LogP contribution in [0.2, 0.25) is 10.0 Å². The molecule has 33 heavy (non-hydrogen) atoms. The quantitative estimate of drug-likeness (QED) is 0.395. The minimum Gasteiger partial charge on any atom is -0.486 e. The Hall–Kier alpha value is -1.79. The second-order valence-electron chi connectivity index (χ2n) is 9.65. The Balaban J connectivity index is 1.50. The molecule has 0 saturated carbocycles. The second-order valence-corrected chi connectivity index (χ2v) is 10.4. The number of aliphatic hydroxyl groups excluding tert-OH is 1. The van der Waals surface area contributed by atoms with Gasteiger partial charge in [0, 0.05) is 18.5 Å². The summed E-state index contributed by atoms with van der Waals surface area (Å²) in [5.41, 5.74) is 3.43. The number of fused-ring (bicyclic) bond motifs is 1. The summed E-state index contributed by atoms with van der Waals surface area (Å²) in [5, 5.41) is 23.6. The number of hydrogen-bond acceptors (Lipinski definition) is 4. The number of aliphatic carboxylic acids is 1. The molecule has 2 atom stereocenters. The van der Waals surface area contributed by atoms with Crippen LogP contribution in [0.25, 0.3) is 0 Å². The van der Waals surface area contributed by atoms with Gasteiger partial charge in [-0.1, -0.05) is 53.5 Å². The van der Waals surface area contributed by atoms with Gasteiger partial charge in [0.25, 0.3) is 0 Å². The molecule has 5 nitrogen and oxygen atoms in total. The van der Waals surface area contributed by atoms with E-state index >= 15 is 0 Å². The number of aryl methyl sites for hydroxylation is 1. The van der Waals surface area contributed by atoms with Gasteiger partial charge < -0.3 is 20.3 Å². The van der Waals surface area contributed by atoms with Crippen molar-refractivity contribution >= 4 is 29.2 Å². The summed E-state index contributed by atoms with van der Waals surface area (Å²) in [6.07, 6.45) is 2.23. The van der Waals surface area contributed by atoms with Crippen LogP contribution in [0.1, 0.15) is 50.3 Å². The third-order valence-corrected chi connectivity index (χ3v) is 7.22. The summed E-state index contributed by atoms with van der Waals surface area (Å²) in [6.45, 7) is 6.51. The zero-order valence-electron chi connectivity index (χ0n) is 19.4. The molecule has 180 valence electrons. The Kier molecular flexibility index (Phi) is 8.68. The maximum atomic E-state index is 10.8. The highest BCUT2D eigenvalue weighted by atomic mass is 35.5. The summed E-state index contributed by atoms with van der Waals surface area (Å²) in [5.74, 6) is 0.0683. The van der Waals surface area contributed by atoms with Gasteiger partial charge in [-0.15, -0.1) is 0 Å². The largest absolute Gasteiger partial charge is 0.486 e. The van der Waals surface area contributed by atoms with E-state index in [9.17, 15) is 9.90 Å². The fraction of sp³-hybridized carbons (Fsp3) is 0.500. The zero-order chi connectivity index (χ0) is 24.2. The Morgan fingerprint density at radius 2 is 1.79 bits per heavy atom. The number of carboxylic acid groups (broad SMARTS) is 1. The molecule has 1 aliphatic carbocycles. The number of carbonyl (C=O) groups is 1. The van der Waals surface area contributed by atoms with Crippen LogP contribution < -0.4 is 10.1 Å². The summed E-state index contributed by atoms with van der Waals surface area (Å²) in [4.78, 5) is 10.8. The molecule has 0 amide bonds. The molecule has 2 aromatic rings. The van der Waals surface area contributed by atoms with E-state index in [0.717, 1.165) is 19.3 Å². The van der Waals surface area contributed by atoms with Gasteiger partial charge in [-0.3, -0.25) is 4.79 Å². The number of rotatable bonds is 11. The van der Waals surface area contributed by atoms with E-state index in [4.69, 9.17) is 33.0 Å². The summed E-state index contributed by atoms with van der Waals surface area (Å²) >= 11 is 12.6. The molecule has 3 N–H and O–H groups in total. The smallest absolute Gasteiger partial charge is 0.303 e. The molecule has 1 aliphatic rings. The lowest BCUT2D eigenvalue weighted by Crippen LogP contribution is -2.48. The molecule has 0 aliphatic heterocycles. The first-order valence-electron chi connectivity index (χ1n) is 11.4. The fourth-order valence-corrected chi connectivity index (χ4v) is 4.99. The van der Waals surface area contributed by atoms with E-state index < -0.39 is 18.2 Å². The van der Waals surface area contributed by atoms with E-state index in [1.165, 1.54) is 11.1 Å². The Morgan fingerprint density at radius 1 is 1.15 bits per heavy atom. The van der Waals surface area contributed by atoms with Crippen LogP contribution in [0.4, 0.5) is 0 Å². The molecule has 7 heteroatoms. The van der Waals surface area contributed by atoms with E-state index in [1.807, 2.05) is 0 Å². The molecule has 0 bridgehead atoms. The summed E-state index contributed by atoms with van der Waals surface area (Å²) in [6, 6.07) is 12.0. The van der Waals surface area contributed by atoms with Crippen LogP contribution >= 0.6 is 23.2 Å². The number of halogens is 2. The SMILES string of the molecule is C[C@H](Oc1ccc(CCC(=O)O)c(Cl)c1Cl)[C@H](O)CNC(C)(C)CC1Cc2ccccc2C1. The molecule has 0 spiro atoms. The molecule has 0 radical (unpaired) electrons. The van der Waals surface area contributed by atoms with Gasteiger partial charge in [-0.25, -0.2) is 0 Å². The number of β-amino-alcohol motifs (C(OH)–C–C–N with tert-alkyl or cyclic N) is 1. The van der Waals surface area contributed by atoms with Crippen LogP contribution in [0, 0.1) is 5.92 Å². The van der Waals surface area contributed by atoms with Crippen LogP contribution in [-0.4, -0.2) is 40.5 Å². The normalized spacial score (nSPS) is 15.8. The van der Waals surface area contributed by atoms with Crippen molar-refractivity contribution in [2.45, 2.75) is 70.6 Å².